The molecule has 0 amide bonds. The van der Waals surface area contributed by atoms with Crippen molar-refractivity contribution >= 4 is 23.1 Å². The normalized spacial score (nSPS) is 19.6. The van der Waals surface area contributed by atoms with Crippen molar-refractivity contribution in [3.05, 3.63) is 5.51 Å². The summed E-state index contributed by atoms with van der Waals surface area (Å²) >= 11 is 3.28. The van der Waals surface area contributed by atoms with E-state index in [0.717, 1.165) is 16.5 Å². The number of hydrogen-bond donors (Lipinski definition) is 2. The average molecular weight is 259 g/mol. The van der Waals surface area contributed by atoms with E-state index in [1.165, 1.54) is 12.8 Å². The standard InChI is InChI=1S/C10H17N3OS2/c1-10(6-14,12-8-2-3-8)4-5-15-9-13-11-7-16-9/h7-8,12,14H,2-6H2,1H3. The van der Waals surface area contributed by atoms with E-state index in [2.05, 4.69) is 22.4 Å². The zero-order valence-electron chi connectivity index (χ0n) is 9.35. The van der Waals surface area contributed by atoms with Crippen molar-refractivity contribution in [1.29, 1.82) is 0 Å². The Morgan fingerprint density at radius 2 is 2.50 bits per heavy atom. The molecule has 1 saturated carbocycles. The molecule has 1 aliphatic carbocycles. The van der Waals surface area contributed by atoms with Gasteiger partial charge in [0, 0.05) is 17.3 Å². The third kappa shape index (κ3) is 3.69. The van der Waals surface area contributed by atoms with Gasteiger partial charge in [-0.2, -0.15) is 0 Å². The molecule has 4 nitrogen and oxygen atoms in total. The van der Waals surface area contributed by atoms with Crippen molar-refractivity contribution in [2.75, 3.05) is 12.4 Å². The van der Waals surface area contributed by atoms with E-state index in [1.807, 2.05) is 0 Å². The molecule has 6 heteroatoms. The van der Waals surface area contributed by atoms with Crippen molar-refractivity contribution in [2.45, 2.75) is 42.1 Å². The van der Waals surface area contributed by atoms with E-state index in [4.69, 9.17) is 0 Å². The molecule has 1 aliphatic rings. The van der Waals surface area contributed by atoms with Crippen molar-refractivity contribution in [1.82, 2.24) is 15.5 Å². The number of aliphatic hydroxyl groups excluding tert-OH is 1. The van der Waals surface area contributed by atoms with Crippen LogP contribution in [0.4, 0.5) is 0 Å². The highest BCUT2D eigenvalue weighted by Gasteiger charge is 2.31. The molecule has 2 rings (SSSR count). The van der Waals surface area contributed by atoms with E-state index in [0.29, 0.717) is 6.04 Å². The van der Waals surface area contributed by atoms with Crippen molar-refractivity contribution < 1.29 is 5.11 Å². The number of hydrogen-bond acceptors (Lipinski definition) is 6. The SMILES string of the molecule is CC(CO)(CCSc1nncs1)NC1CC1. The van der Waals surface area contributed by atoms with Crippen molar-refractivity contribution in [3.63, 3.8) is 0 Å². The van der Waals surface area contributed by atoms with Gasteiger partial charge in [0.05, 0.1) is 6.61 Å². The minimum atomic E-state index is -0.140. The molecule has 0 aromatic carbocycles. The first-order chi connectivity index (χ1) is 7.72. The van der Waals surface area contributed by atoms with Crippen LogP contribution in [0.15, 0.2) is 9.85 Å². The minimum absolute atomic E-state index is 0.140. The Kier molecular flexibility index (Phi) is 4.18. The number of aliphatic hydroxyl groups is 1. The van der Waals surface area contributed by atoms with Gasteiger partial charge >= 0.3 is 0 Å². The Morgan fingerprint density at radius 1 is 1.69 bits per heavy atom. The summed E-state index contributed by atoms with van der Waals surface area (Å²) in [4.78, 5) is 0. The van der Waals surface area contributed by atoms with Crippen LogP contribution in [-0.4, -0.2) is 39.2 Å². The molecule has 1 atom stereocenters. The quantitative estimate of drug-likeness (QED) is 0.727. The van der Waals surface area contributed by atoms with Crippen LogP contribution in [0.2, 0.25) is 0 Å². The summed E-state index contributed by atoms with van der Waals surface area (Å²) in [6.45, 7) is 2.28. The predicted molar refractivity (Wildman–Crippen MR) is 66.9 cm³/mol. The van der Waals surface area contributed by atoms with Crippen molar-refractivity contribution in [2.24, 2.45) is 0 Å². The molecule has 0 radical (unpaired) electrons. The van der Waals surface area contributed by atoms with Gasteiger partial charge in [0.2, 0.25) is 0 Å². The van der Waals surface area contributed by atoms with Crippen LogP contribution in [-0.2, 0) is 0 Å². The van der Waals surface area contributed by atoms with E-state index in [-0.39, 0.29) is 12.1 Å². The molecule has 90 valence electrons. The molecule has 1 heterocycles. The van der Waals surface area contributed by atoms with Crippen LogP contribution in [0.3, 0.4) is 0 Å². The maximum absolute atomic E-state index is 9.42. The molecule has 1 fully saturated rings. The molecule has 0 saturated heterocycles. The number of aromatic nitrogens is 2. The first kappa shape index (κ1) is 12.3. The zero-order valence-corrected chi connectivity index (χ0v) is 11.0. The number of nitrogens with zero attached hydrogens (tertiary/aromatic N) is 2. The van der Waals surface area contributed by atoms with E-state index in [1.54, 1.807) is 28.6 Å². The van der Waals surface area contributed by atoms with Crippen LogP contribution >= 0.6 is 23.1 Å². The lowest BCUT2D eigenvalue weighted by atomic mass is 10.0. The molecular weight excluding hydrogens is 242 g/mol. The third-order valence-electron chi connectivity index (χ3n) is 2.70. The fourth-order valence-corrected chi connectivity index (χ4v) is 3.27. The monoisotopic (exact) mass is 259 g/mol. The number of thioether (sulfide) groups is 1. The van der Waals surface area contributed by atoms with Crippen molar-refractivity contribution in [3.8, 4) is 0 Å². The largest absolute Gasteiger partial charge is 0.394 e. The summed E-state index contributed by atoms with van der Waals surface area (Å²) in [7, 11) is 0. The van der Waals surface area contributed by atoms with Gasteiger partial charge < -0.3 is 10.4 Å². The molecule has 0 spiro atoms. The molecule has 0 bridgehead atoms. The smallest absolute Gasteiger partial charge is 0.174 e. The van der Waals surface area contributed by atoms with Crippen LogP contribution in [0.25, 0.3) is 0 Å². The molecular formula is C10H17N3OS2. The Morgan fingerprint density at radius 3 is 3.06 bits per heavy atom. The van der Waals surface area contributed by atoms with Gasteiger partial charge in [0.1, 0.15) is 5.51 Å². The van der Waals surface area contributed by atoms with Gasteiger partial charge in [0.25, 0.3) is 0 Å². The summed E-state index contributed by atoms with van der Waals surface area (Å²) < 4.78 is 1.01. The first-order valence-electron chi connectivity index (χ1n) is 5.49. The lowest BCUT2D eigenvalue weighted by Crippen LogP contribution is -2.47. The van der Waals surface area contributed by atoms with Gasteiger partial charge in [-0.3, -0.25) is 0 Å². The second kappa shape index (κ2) is 5.44. The highest BCUT2D eigenvalue weighted by Crippen LogP contribution is 2.26. The fourth-order valence-electron chi connectivity index (χ4n) is 1.51. The van der Waals surface area contributed by atoms with Crippen LogP contribution in [0, 0.1) is 0 Å². The second-order valence-electron chi connectivity index (χ2n) is 4.44. The van der Waals surface area contributed by atoms with Gasteiger partial charge in [-0.05, 0) is 26.2 Å². The molecule has 0 aliphatic heterocycles. The minimum Gasteiger partial charge on any atom is -0.394 e. The highest BCUT2D eigenvalue weighted by molar-refractivity contribution is 8.00. The lowest BCUT2D eigenvalue weighted by molar-refractivity contribution is 0.169. The molecule has 16 heavy (non-hydrogen) atoms. The average Bonchev–Trinajstić information content (AvgIpc) is 2.92. The summed E-state index contributed by atoms with van der Waals surface area (Å²) in [5.74, 6) is 0.964. The Labute approximate surface area is 104 Å². The van der Waals surface area contributed by atoms with E-state index < -0.39 is 0 Å². The van der Waals surface area contributed by atoms with Gasteiger partial charge in [0.15, 0.2) is 4.34 Å². The topological polar surface area (TPSA) is 58.0 Å². The zero-order chi connectivity index (χ0) is 11.4. The Hall–Kier alpha value is -0.170. The highest BCUT2D eigenvalue weighted by atomic mass is 32.2. The van der Waals surface area contributed by atoms with Crippen LogP contribution in [0.1, 0.15) is 26.2 Å². The summed E-state index contributed by atoms with van der Waals surface area (Å²) in [6, 6.07) is 0.628. The summed E-state index contributed by atoms with van der Waals surface area (Å²) in [5.41, 5.74) is 1.61. The molecule has 1 unspecified atom stereocenters. The second-order valence-corrected chi connectivity index (χ2v) is 6.62. The molecule has 2 N–H and O–H groups in total. The van der Waals surface area contributed by atoms with Crippen LogP contribution in [0.5, 0.6) is 0 Å². The predicted octanol–water partition coefficient (Wildman–Crippen LogP) is 1.52. The maximum atomic E-state index is 9.42. The van der Waals surface area contributed by atoms with E-state index in [9.17, 15) is 5.11 Å². The summed E-state index contributed by atoms with van der Waals surface area (Å²) in [6.07, 6.45) is 3.45. The lowest BCUT2D eigenvalue weighted by Gasteiger charge is -2.28. The fraction of sp³-hybridized carbons (Fsp3) is 0.800. The third-order valence-corrected chi connectivity index (χ3v) is 4.56. The van der Waals surface area contributed by atoms with Crippen LogP contribution < -0.4 is 5.32 Å². The van der Waals surface area contributed by atoms with E-state index >= 15 is 0 Å². The molecule has 1 aromatic rings. The Bertz CT molecular complexity index is 316. The molecule has 1 aromatic heterocycles. The maximum Gasteiger partial charge on any atom is 0.174 e. The number of nitrogens with one attached hydrogen (secondary N) is 1. The van der Waals surface area contributed by atoms with Gasteiger partial charge in [-0.15, -0.1) is 10.2 Å². The van der Waals surface area contributed by atoms with Gasteiger partial charge in [-0.25, -0.2) is 0 Å². The number of rotatable bonds is 7. The summed E-state index contributed by atoms with van der Waals surface area (Å²) in [5, 5.41) is 20.7. The van der Waals surface area contributed by atoms with Gasteiger partial charge in [-0.1, -0.05) is 23.1 Å². The first-order valence-corrected chi connectivity index (χ1v) is 7.36. The Balaban J connectivity index is 1.73.